The van der Waals surface area contributed by atoms with E-state index in [2.05, 4.69) is 25.3 Å². The Hall–Kier alpha value is -3.82. The Morgan fingerprint density at radius 1 is 1.03 bits per heavy atom. The molecular formula is C20H23N7O3. The standard InChI is InChI=1S/C20H23N7O3/c1-29-16-6-3-5-15(19(16)30-2)24-20(28)26-11-9-25(10-12-26)17-13-18(22-14-21-17)27-8-4-7-23-27/h3-8,13-14H,9-12H2,1-2H3,(H,24,28). The lowest BCUT2D eigenvalue weighted by atomic mass is 10.2. The molecule has 0 saturated carbocycles. The number of hydrogen-bond acceptors (Lipinski definition) is 7. The van der Waals surface area contributed by atoms with Gasteiger partial charge in [-0.2, -0.15) is 5.10 Å². The Labute approximate surface area is 174 Å². The molecule has 1 aromatic carbocycles. The Morgan fingerprint density at radius 3 is 2.53 bits per heavy atom. The van der Waals surface area contributed by atoms with Crippen molar-refractivity contribution in [3.63, 3.8) is 0 Å². The van der Waals surface area contributed by atoms with Crippen LogP contribution in [0.5, 0.6) is 11.5 Å². The van der Waals surface area contributed by atoms with E-state index in [-0.39, 0.29) is 6.03 Å². The molecule has 0 spiro atoms. The van der Waals surface area contributed by atoms with E-state index in [1.54, 1.807) is 48.2 Å². The molecular weight excluding hydrogens is 386 g/mol. The van der Waals surface area contributed by atoms with Gasteiger partial charge < -0.3 is 24.6 Å². The summed E-state index contributed by atoms with van der Waals surface area (Å²) in [5, 5.41) is 7.12. The molecule has 0 bridgehead atoms. The fraction of sp³-hybridized carbons (Fsp3) is 0.300. The van der Waals surface area contributed by atoms with Gasteiger partial charge in [0.15, 0.2) is 17.3 Å². The zero-order valence-electron chi connectivity index (χ0n) is 16.9. The fourth-order valence-corrected chi connectivity index (χ4v) is 3.36. The lowest BCUT2D eigenvalue weighted by Crippen LogP contribution is -2.50. The number of aromatic nitrogens is 4. The van der Waals surface area contributed by atoms with Gasteiger partial charge in [-0.05, 0) is 18.2 Å². The van der Waals surface area contributed by atoms with Gasteiger partial charge in [-0.1, -0.05) is 6.07 Å². The van der Waals surface area contributed by atoms with Crippen molar-refractivity contribution in [1.82, 2.24) is 24.6 Å². The maximum Gasteiger partial charge on any atom is 0.322 e. The van der Waals surface area contributed by atoms with Crippen LogP contribution in [0.2, 0.25) is 0 Å². The third-order valence-corrected chi connectivity index (χ3v) is 4.91. The van der Waals surface area contributed by atoms with Gasteiger partial charge in [0.1, 0.15) is 12.1 Å². The Kier molecular flexibility index (Phi) is 5.64. The summed E-state index contributed by atoms with van der Waals surface area (Å²) in [5.41, 5.74) is 0.573. The summed E-state index contributed by atoms with van der Waals surface area (Å²) in [4.78, 5) is 25.3. The van der Waals surface area contributed by atoms with Gasteiger partial charge in [0.25, 0.3) is 0 Å². The molecule has 2 aromatic heterocycles. The lowest BCUT2D eigenvalue weighted by Gasteiger charge is -2.35. The third kappa shape index (κ3) is 3.97. The minimum Gasteiger partial charge on any atom is -0.493 e. The molecule has 30 heavy (non-hydrogen) atoms. The van der Waals surface area contributed by atoms with Crippen LogP contribution >= 0.6 is 0 Å². The van der Waals surface area contributed by atoms with Crippen molar-refractivity contribution in [3.8, 4) is 17.3 Å². The molecule has 1 saturated heterocycles. The minimum absolute atomic E-state index is 0.180. The first-order valence-corrected chi connectivity index (χ1v) is 9.53. The number of piperazine rings is 1. The van der Waals surface area contributed by atoms with Crippen LogP contribution in [0.15, 0.2) is 49.1 Å². The second-order valence-electron chi connectivity index (χ2n) is 6.63. The number of carbonyl (C=O) groups excluding carboxylic acids is 1. The van der Waals surface area contributed by atoms with E-state index in [4.69, 9.17) is 9.47 Å². The molecule has 0 aliphatic carbocycles. The average Bonchev–Trinajstić information content (AvgIpc) is 3.34. The monoisotopic (exact) mass is 409 g/mol. The number of benzene rings is 1. The van der Waals surface area contributed by atoms with Gasteiger partial charge in [0, 0.05) is 44.6 Å². The van der Waals surface area contributed by atoms with Gasteiger partial charge >= 0.3 is 6.03 Å². The zero-order chi connectivity index (χ0) is 20.9. The summed E-state index contributed by atoms with van der Waals surface area (Å²) in [6.07, 6.45) is 5.07. The van der Waals surface area contributed by atoms with Crippen molar-refractivity contribution in [2.75, 3.05) is 50.6 Å². The number of urea groups is 1. The maximum atomic E-state index is 12.8. The fourth-order valence-electron chi connectivity index (χ4n) is 3.36. The highest BCUT2D eigenvalue weighted by Crippen LogP contribution is 2.34. The lowest BCUT2D eigenvalue weighted by molar-refractivity contribution is 0.208. The number of rotatable bonds is 5. The topological polar surface area (TPSA) is 97.6 Å². The first-order chi connectivity index (χ1) is 14.7. The highest BCUT2D eigenvalue weighted by atomic mass is 16.5. The Balaban J connectivity index is 1.39. The summed E-state index contributed by atoms with van der Waals surface area (Å²) in [6, 6.07) is 8.93. The number of carbonyl (C=O) groups is 1. The van der Waals surface area contributed by atoms with Crippen LogP contribution in [0, 0.1) is 0 Å². The number of anilines is 2. The highest BCUT2D eigenvalue weighted by molar-refractivity contribution is 5.91. The average molecular weight is 409 g/mol. The number of nitrogens with one attached hydrogen (secondary N) is 1. The van der Waals surface area contributed by atoms with E-state index in [1.807, 2.05) is 18.3 Å². The molecule has 1 aliphatic rings. The van der Waals surface area contributed by atoms with Crippen molar-refractivity contribution in [2.24, 2.45) is 0 Å². The normalized spacial score (nSPS) is 13.8. The molecule has 1 fully saturated rings. The Bertz CT molecular complexity index is 1000. The molecule has 156 valence electrons. The van der Waals surface area contributed by atoms with Crippen LogP contribution in [-0.4, -0.2) is 71.1 Å². The highest BCUT2D eigenvalue weighted by Gasteiger charge is 2.23. The molecule has 1 N–H and O–H groups in total. The number of para-hydroxylation sites is 1. The number of ether oxygens (including phenoxy) is 2. The molecule has 10 heteroatoms. The molecule has 0 unspecified atom stereocenters. The van der Waals surface area contributed by atoms with Crippen molar-refractivity contribution >= 4 is 17.5 Å². The van der Waals surface area contributed by atoms with E-state index in [0.29, 0.717) is 49.2 Å². The predicted molar refractivity (Wildman–Crippen MR) is 112 cm³/mol. The first-order valence-electron chi connectivity index (χ1n) is 9.53. The smallest absolute Gasteiger partial charge is 0.322 e. The second-order valence-corrected chi connectivity index (χ2v) is 6.63. The zero-order valence-corrected chi connectivity index (χ0v) is 16.9. The number of nitrogens with zero attached hydrogens (tertiary/aromatic N) is 6. The van der Waals surface area contributed by atoms with Crippen molar-refractivity contribution in [2.45, 2.75) is 0 Å². The first kappa shape index (κ1) is 19.5. The van der Waals surface area contributed by atoms with Crippen LogP contribution in [0.25, 0.3) is 5.82 Å². The number of methoxy groups -OCH3 is 2. The van der Waals surface area contributed by atoms with E-state index >= 15 is 0 Å². The Morgan fingerprint density at radius 2 is 1.83 bits per heavy atom. The van der Waals surface area contributed by atoms with Crippen LogP contribution < -0.4 is 19.7 Å². The summed E-state index contributed by atoms with van der Waals surface area (Å²) in [6.45, 7) is 2.47. The molecule has 0 atom stereocenters. The van der Waals surface area contributed by atoms with Crippen LogP contribution in [-0.2, 0) is 0 Å². The van der Waals surface area contributed by atoms with Gasteiger partial charge in [0.05, 0.1) is 19.9 Å². The molecule has 3 aromatic rings. The molecule has 10 nitrogen and oxygen atoms in total. The van der Waals surface area contributed by atoms with Gasteiger partial charge in [-0.15, -0.1) is 0 Å². The van der Waals surface area contributed by atoms with Crippen molar-refractivity contribution < 1.29 is 14.3 Å². The van der Waals surface area contributed by atoms with E-state index in [1.165, 1.54) is 6.33 Å². The number of amides is 2. The van der Waals surface area contributed by atoms with Crippen LogP contribution in [0.1, 0.15) is 0 Å². The molecule has 0 radical (unpaired) electrons. The minimum atomic E-state index is -0.180. The van der Waals surface area contributed by atoms with Crippen molar-refractivity contribution in [1.29, 1.82) is 0 Å². The molecule has 2 amide bonds. The summed E-state index contributed by atoms with van der Waals surface area (Å²) in [7, 11) is 3.11. The molecule has 3 heterocycles. The number of hydrogen-bond donors (Lipinski definition) is 1. The SMILES string of the molecule is COc1cccc(NC(=O)N2CCN(c3cc(-n4cccn4)ncn3)CC2)c1OC. The second kappa shape index (κ2) is 8.68. The summed E-state index contributed by atoms with van der Waals surface area (Å²) >= 11 is 0. The van der Waals surface area contributed by atoms with E-state index in [0.717, 1.165) is 5.82 Å². The van der Waals surface area contributed by atoms with Crippen molar-refractivity contribution in [3.05, 3.63) is 49.1 Å². The van der Waals surface area contributed by atoms with Crippen LogP contribution in [0.3, 0.4) is 0 Å². The molecule has 1 aliphatic heterocycles. The van der Waals surface area contributed by atoms with Gasteiger partial charge in [0.2, 0.25) is 0 Å². The molecule has 4 rings (SSSR count). The van der Waals surface area contributed by atoms with E-state index in [9.17, 15) is 4.79 Å². The summed E-state index contributed by atoms with van der Waals surface area (Å²) < 4.78 is 12.4. The predicted octanol–water partition coefficient (Wildman–Crippen LogP) is 2.03. The largest absolute Gasteiger partial charge is 0.493 e. The van der Waals surface area contributed by atoms with Crippen LogP contribution in [0.4, 0.5) is 16.3 Å². The van der Waals surface area contributed by atoms with Gasteiger partial charge in [-0.25, -0.2) is 19.4 Å². The summed E-state index contributed by atoms with van der Waals surface area (Å²) in [5.74, 6) is 2.58. The van der Waals surface area contributed by atoms with E-state index < -0.39 is 0 Å². The van der Waals surface area contributed by atoms with Gasteiger partial charge in [-0.3, -0.25) is 0 Å². The third-order valence-electron chi connectivity index (χ3n) is 4.91. The maximum absolute atomic E-state index is 12.8. The quantitative estimate of drug-likeness (QED) is 0.689.